The zero-order chi connectivity index (χ0) is 14.7. The monoisotopic (exact) mass is 294 g/mol. The molecular formula is C19H15ClO. The van der Waals surface area contributed by atoms with Crippen LogP contribution in [0.4, 0.5) is 0 Å². The van der Waals surface area contributed by atoms with Crippen molar-refractivity contribution in [3.8, 4) is 5.75 Å². The maximum Gasteiger partial charge on any atom is 0.118 e. The number of benzene rings is 3. The first-order valence-electron chi connectivity index (χ1n) is 6.77. The molecule has 0 saturated carbocycles. The Morgan fingerprint density at radius 2 is 1.52 bits per heavy atom. The summed E-state index contributed by atoms with van der Waals surface area (Å²) in [4.78, 5) is 0. The fourth-order valence-corrected chi connectivity index (χ4v) is 2.56. The zero-order valence-electron chi connectivity index (χ0n) is 11.7. The molecule has 21 heavy (non-hydrogen) atoms. The summed E-state index contributed by atoms with van der Waals surface area (Å²) in [6.45, 7) is 0. The SMILES string of the molecule is COc1ccc(/C=C/c2ccc(Cl)c3ccccc23)cc1. The van der Waals surface area contributed by atoms with Gasteiger partial charge in [0.05, 0.1) is 7.11 Å². The lowest BCUT2D eigenvalue weighted by atomic mass is 10.0. The van der Waals surface area contributed by atoms with Gasteiger partial charge >= 0.3 is 0 Å². The van der Waals surface area contributed by atoms with Crippen LogP contribution in [-0.4, -0.2) is 7.11 Å². The van der Waals surface area contributed by atoms with E-state index in [1.54, 1.807) is 7.11 Å². The van der Waals surface area contributed by atoms with E-state index in [9.17, 15) is 0 Å². The average Bonchev–Trinajstić information content (AvgIpc) is 2.55. The van der Waals surface area contributed by atoms with Gasteiger partial charge in [-0.1, -0.05) is 66.2 Å². The van der Waals surface area contributed by atoms with Crippen LogP contribution in [-0.2, 0) is 0 Å². The summed E-state index contributed by atoms with van der Waals surface area (Å²) in [5.41, 5.74) is 2.29. The summed E-state index contributed by atoms with van der Waals surface area (Å²) in [7, 11) is 1.67. The van der Waals surface area contributed by atoms with E-state index >= 15 is 0 Å². The van der Waals surface area contributed by atoms with Crippen molar-refractivity contribution >= 4 is 34.5 Å². The standard InChI is InChI=1S/C19H15ClO/c1-21-16-11-7-14(8-12-16)6-9-15-10-13-19(20)18-5-3-2-4-17(15)18/h2-13H,1H3/b9-6+. The molecule has 0 fully saturated rings. The molecule has 104 valence electrons. The van der Waals surface area contributed by atoms with Crippen LogP contribution in [0.1, 0.15) is 11.1 Å². The van der Waals surface area contributed by atoms with E-state index in [4.69, 9.17) is 16.3 Å². The maximum atomic E-state index is 6.24. The molecule has 3 aromatic rings. The van der Waals surface area contributed by atoms with Gasteiger partial charge in [0.25, 0.3) is 0 Å². The molecule has 0 unspecified atom stereocenters. The number of rotatable bonds is 3. The zero-order valence-corrected chi connectivity index (χ0v) is 12.5. The quantitative estimate of drug-likeness (QED) is 0.565. The molecule has 0 N–H and O–H groups in total. The van der Waals surface area contributed by atoms with E-state index < -0.39 is 0 Å². The summed E-state index contributed by atoms with van der Waals surface area (Å²) < 4.78 is 5.16. The lowest BCUT2D eigenvalue weighted by Crippen LogP contribution is -1.82. The molecule has 0 aliphatic carbocycles. The Morgan fingerprint density at radius 1 is 0.810 bits per heavy atom. The maximum absolute atomic E-state index is 6.24. The summed E-state index contributed by atoms with van der Waals surface area (Å²) in [6, 6.07) is 20.1. The first-order chi connectivity index (χ1) is 10.3. The Bertz CT molecular complexity index is 788. The van der Waals surface area contributed by atoms with Crippen LogP contribution in [0.3, 0.4) is 0 Å². The molecule has 3 rings (SSSR count). The fourth-order valence-electron chi connectivity index (χ4n) is 2.33. The molecular weight excluding hydrogens is 280 g/mol. The highest BCUT2D eigenvalue weighted by Crippen LogP contribution is 2.27. The highest BCUT2D eigenvalue weighted by Gasteiger charge is 2.01. The van der Waals surface area contributed by atoms with Crippen LogP contribution in [0.15, 0.2) is 60.7 Å². The van der Waals surface area contributed by atoms with E-state index in [1.807, 2.05) is 54.6 Å². The molecule has 3 aromatic carbocycles. The lowest BCUT2D eigenvalue weighted by Gasteiger charge is -2.04. The van der Waals surface area contributed by atoms with E-state index in [0.717, 1.165) is 32.7 Å². The molecule has 0 aromatic heterocycles. The normalized spacial score (nSPS) is 11.1. The number of ether oxygens (including phenoxy) is 1. The summed E-state index contributed by atoms with van der Waals surface area (Å²) in [5, 5.41) is 3.03. The number of hydrogen-bond donors (Lipinski definition) is 0. The predicted octanol–water partition coefficient (Wildman–Crippen LogP) is 5.67. The van der Waals surface area contributed by atoms with Gasteiger partial charge in [0.1, 0.15) is 5.75 Å². The van der Waals surface area contributed by atoms with E-state index in [-0.39, 0.29) is 0 Å². The van der Waals surface area contributed by atoms with Gasteiger partial charge in [-0.25, -0.2) is 0 Å². The Labute approximate surface area is 129 Å². The predicted molar refractivity (Wildman–Crippen MR) is 90.9 cm³/mol. The molecule has 0 heterocycles. The third kappa shape index (κ3) is 2.93. The van der Waals surface area contributed by atoms with Gasteiger partial charge in [-0.15, -0.1) is 0 Å². The highest BCUT2D eigenvalue weighted by molar-refractivity contribution is 6.35. The average molecular weight is 295 g/mol. The number of methoxy groups -OCH3 is 1. The van der Waals surface area contributed by atoms with Gasteiger partial charge in [0.2, 0.25) is 0 Å². The largest absolute Gasteiger partial charge is 0.497 e. The third-order valence-corrected chi connectivity index (χ3v) is 3.81. The number of halogens is 1. The van der Waals surface area contributed by atoms with Crippen molar-refractivity contribution in [1.82, 2.24) is 0 Å². The van der Waals surface area contributed by atoms with Crippen LogP contribution in [0.2, 0.25) is 5.02 Å². The molecule has 0 atom stereocenters. The summed E-state index contributed by atoms with van der Waals surface area (Å²) >= 11 is 6.24. The Hall–Kier alpha value is -2.25. The number of hydrogen-bond acceptors (Lipinski definition) is 1. The van der Waals surface area contributed by atoms with Crippen molar-refractivity contribution in [3.63, 3.8) is 0 Å². The molecule has 0 bridgehead atoms. The van der Waals surface area contributed by atoms with Crippen LogP contribution in [0, 0.1) is 0 Å². The van der Waals surface area contributed by atoms with Crippen molar-refractivity contribution in [3.05, 3.63) is 76.8 Å². The minimum atomic E-state index is 0.784. The highest BCUT2D eigenvalue weighted by atomic mass is 35.5. The van der Waals surface area contributed by atoms with E-state index in [2.05, 4.69) is 18.2 Å². The topological polar surface area (TPSA) is 9.23 Å². The van der Waals surface area contributed by atoms with Gasteiger partial charge in [0.15, 0.2) is 0 Å². The Balaban J connectivity index is 1.97. The second-order valence-corrected chi connectivity index (χ2v) is 5.20. The third-order valence-electron chi connectivity index (χ3n) is 3.48. The second-order valence-electron chi connectivity index (χ2n) is 4.79. The van der Waals surface area contributed by atoms with Crippen LogP contribution in [0.5, 0.6) is 5.75 Å². The summed E-state index contributed by atoms with van der Waals surface area (Å²) in [5.74, 6) is 0.865. The summed E-state index contributed by atoms with van der Waals surface area (Å²) in [6.07, 6.45) is 4.20. The second kappa shape index (κ2) is 6.02. The van der Waals surface area contributed by atoms with Gasteiger partial charge in [0, 0.05) is 10.4 Å². The van der Waals surface area contributed by atoms with Crippen molar-refractivity contribution in [2.75, 3.05) is 7.11 Å². The van der Waals surface area contributed by atoms with Gasteiger partial charge in [-0.3, -0.25) is 0 Å². The minimum Gasteiger partial charge on any atom is -0.497 e. The van der Waals surface area contributed by atoms with Crippen LogP contribution in [0.25, 0.3) is 22.9 Å². The molecule has 0 spiro atoms. The van der Waals surface area contributed by atoms with Gasteiger partial charge < -0.3 is 4.74 Å². The van der Waals surface area contributed by atoms with E-state index in [1.165, 1.54) is 0 Å². The van der Waals surface area contributed by atoms with Crippen molar-refractivity contribution in [2.24, 2.45) is 0 Å². The molecule has 2 heteroatoms. The van der Waals surface area contributed by atoms with Crippen molar-refractivity contribution in [2.45, 2.75) is 0 Å². The number of fused-ring (bicyclic) bond motifs is 1. The van der Waals surface area contributed by atoms with Gasteiger partial charge in [-0.05, 0) is 34.7 Å². The molecule has 0 saturated heterocycles. The molecule has 0 aliphatic heterocycles. The van der Waals surface area contributed by atoms with Crippen LogP contribution >= 0.6 is 11.6 Å². The van der Waals surface area contributed by atoms with Gasteiger partial charge in [-0.2, -0.15) is 0 Å². The first-order valence-corrected chi connectivity index (χ1v) is 7.15. The van der Waals surface area contributed by atoms with Crippen molar-refractivity contribution < 1.29 is 4.74 Å². The minimum absolute atomic E-state index is 0.784. The lowest BCUT2D eigenvalue weighted by molar-refractivity contribution is 0.415. The molecule has 0 radical (unpaired) electrons. The van der Waals surface area contributed by atoms with Crippen LogP contribution < -0.4 is 4.74 Å². The fraction of sp³-hybridized carbons (Fsp3) is 0.0526. The van der Waals surface area contributed by atoms with E-state index in [0.29, 0.717) is 0 Å². The molecule has 0 aliphatic rings. The smallest absolute Gasteiger partial charge is 0.118 e. The van der Waals surface area contributed by atoms with Crippen molar-refractivity contribution in [1.29, 1.82) is 0 Å². The molecule has 0 amide bonds. The Kier molecular flexibility index (Phi) is 3.94. The molecule has 1 nitrogen and oxygen atoms in total. The first kappa shape index (κ1) is 13.7. The Morgan fingerprint density at radius 3 is 2.24 bits per heavy atom.